The normalized spacial score (nSPS) is 25.8. The van der Waals surface area contributed by atoms with Crippen LogP contribution >= 0.6 is 11.8 Å². The molecular weight excluding hydrogens is 320 g/mol. The second-order valence-corrected chi connectivity index (χ2v) is 6.85. The van der Waals surface area contributed by atoms with Gasteiger partial charge in [0, 0.05) is 19.0 Å². The Bertz CT molecular complexity index is 765. The molecule has 1 spiro atoms. The quantitative estimate of drug-likeness (QED) is 0.786. The van der Waals surface area contributed by atoms with Gasteiger partial charge in [-0.2, -0.15) is 0 Å². The predicted molar refractivity (Wildman–Crippen MR) is 97.2 cm³/mol. The average Bonchev–Trinajstić information content (AvgIpc) is 2.64. The summed E-state index contributed by atoms with van der Waals surface area (Å²) in [5.74, 6) is 0.853. The van der Waals surface area contributed by atoms with Crippen molar-refractivity contribution in [1.29, 1.82) is 0 Å². The van der Waals surface area contributed by atoms with Crippen LogP contribution in [0.25, 0.3) is 0 Å². The van der Waals surface area contributed by atoms with Crippen LogP contribution in [0, 0.1) is 0 Å². The molecule has 0 bridgehead atoms. The van der Waals surface area contributed by atoms with Gasteiger partial charge >= 0.3 is 0 Å². The van der Waals surface area contributed by atoms with Crippen molar-refractivity contribution >= 4 is 16.9 Å². The van der Waals surface area contributed by atoms with E-state index in [2.05, 4.69) is 18.2 Å². The van der Waals surface area contributed by atoms with Gasteiger partial charge in [0.05, 0.1) is 0 Å². The largest absolute Gasteiger partial charge is 0.485 e. The maximum Gasteiger partial charge on any atom is 0.197 e. The summed E-state index contributed by atoms with van der Waals surface area (Å²) < 4.78 is 12.5. The fourth-order valence-corrected chi connectivity index (χ4v) is 3.88. The van der Waals surface area contributed by atoms with Crippen LogP contribution in [-0.2, 0) is 10.5 Å². The number of thioether (sulfide) groups is 1. The van der Waals surface area contributed by atoms with Crippen molar-refractivity contribution in [3.8, 4) is 5.75 Å². The Morgan fingerprint density at radius 2 is 1.88 bits per heavy atom. The van der Waals surface area contributed by atoms with Crippen LogP contribution in [0.5, 0.6) is 5.75 Å². The zero-order chi connectivity index (χ0) is 16.6. The maximum atomic E-state index is 6.27. The first-order valence-corrected chi connectivity index (χ1v) is 9.24. The van der Waals surface area contributed by atoms with Crippen molar-refractivity contribution in [2.75, 3.05) is 20.0 Å². The van der Waals surface area contributed by atoms with Gasteiger partial charge < -0.3 is 14.4 Å². The molecule has 0 radical (unpaired) electrons. The van der Waals surface area contributed by atoms with Gasteiger partial charge in [0.1, 0.15) is 18.6 Å². The number of aliphatic imine (C=N–C) groups is 1. The van der Waals surface area contributed by atoms with Gasteiger partial charge in [0.15, 0.2) is 10.9 Å². The van der Waals surface area contributed by atoms with E-state index in [1.54, 1.807) is 11.8 Å². The first kappa shape index (κ1) is 15.5. The third kappa shape index (κ3) is 2.58. The third-order valence-electron chi connectivity index (χ3n) is 4.49. The van der Waals surface area contributed by atoms with Gasteiger partial charge in [-0.1, -0.05) is 60.3 Å². The molecule has 0 aliphatic carbocycles. The monoisotopic (exact) mass is 340 g/mol. The Morgan fingerprint density at radius 3 is 2.67 bits per heavy atom. The number of hydrogen-bond acceptors (Lipinski definition) is 5. The highest BCUT2D eigenvalue weighted by Gasteiger charge is 2.45. The third-order valence-corrected chi connectivity index (χ3v) is 5.26. The van der Waals surface area contributed by atoms with Gasteiger partial charge in [-0.25, -0.2) is 4.99 Å². The number of amidine groups is 1. The van der Waals surface area contributed by atoms with Crippen LogP contribution in [0.1, 0.15) is 23.7 Å². The summed E-state index contributed by atoms with van der Waals surface area (Å²) in [6.45, 7) is 0.523. The van der Waals surface area contributed by atoms with Gasteiger partial charge in [-0.3, -0.25) is 0 Å². The lowest BCUT2D eigenvalue weighted by Gasteiger charge is -2.43. The first-order chi connectivity index (χ1) is 11.7. The fraction of sp³-hybridized carbons (Fsp3) is 0.316. The fourth-order valence-electron chi connectivity index (χ4n) is 3.28. The number of hydrogen-bond donors (Lipinski definition) is 0. The highest BCUT2D eigenvalue weighted by Crippen LogP contribution is 2.49. The molecule has 2 atom stereocenters. The van der Waals surface area contributed by atoms with Crippen molar-refractivity contribution in [3.63, 3.8) is 0 Å². The van der Waals surface area contributed by atoms with E-state index in [1.165, 1.54) is 0 Å². The molecule has 2 aliphatic heterocycles. The SMILES string of the molecule is CSC1=NC2(CC(c3ccccc3)Oc3ccccc32)OCN1C. The van der Waals surface area contributed by atoms with Gasteiger partial charge in [0.2, 0.25) is 0 Å². The summed E-state index contributed by atoms with van der Waals surface area (Å²) in [5, 5.41) is 0.991. The molecule has 2 aromatic carbocycles. The highest BCUT2D eigenvalue weighted by molar-refractivity contribution is 8.13. The predicted octanol–water partition coefficient (Wildman–Crippen LogP) is 4.00. The average molecular weight is 340 g/mol. The Kier molecular flexibility index (Phi) is 3.98. The summed E-state index contributed by atoms with van der Waals surface area (Å²) >= 11 is 1.65. The van der Waals surface area contributed by atoms with Crippen LogP contribution in [0.4, 0.5) is 0 Å². The molecule has 5 heteroatoms. The molecule has 2 aromatic rings. The topological polar surface area (TPSA) is 34.1 Å². The van der Waals surface area contributed by atoms with E-state index in [-0.39, 0.29) is 6.10 Å². The summed E-state index contributed by atoms with van der Waals surface area (Å²) in [4.78, 5) is 7.03. The molecule has 4 rings (SSSR count). The van der Waals surface area contributed by atoms with Gasteiger partial charge in [-0.05, 0) is 17.9 Å². The summed E-state index contributed by atoms with van der Waals surface area (Å²) in [7, 11) is 2.00. The van der Waals surface area contributed by atoms with Crippen LogP contribution in [0.2, 0.25) is 0 Å². The number of rotatable bonds is 1. The Labute approximate surface area is 146 Å². The number of nitrogens with zero attached hydrogens (tertiary/aromatic N) is 2. The zero-order valence-electron chi connectivity index (χ0n) is 13.8. The number of ether oxygens (including phenoxy) is 2. The van der Waals surface area contributed by atoms with E-state index < -0.39 is 5.72 Å². The number of para-hydroxylation sites is 1. The van der Waals surface area contributed by atoms with E-state index >= 15 is 0 Å². The van der Waals surface area contributed by atoms with Crippen LogP contribution in [-0.4, -0.2) is 30.1 Å². The van der Waals surface area contributed by atoms with Crippen molar-refractivity contribution in [2.24, 2.45) is 4.99 Å². The van der Waals surface area contributed by atoms with Crippen LogP contribution < -0.4 is 4.74 Å². The van der Waals surface area contributed by atoms with Gasteiger partial charge in [-0.15, -0.1) is 0 Å². The van der Waals surface area contributed by atoms with Crippen molar-refractivity contribution in [2.45, 2.75) is 18.2 Å². The smallest absolute Gasteiger partial charge is 0.197 e. The molecule has 2 aliphatic rings. The first-order valence-electron chi connectivity index (χ1n) is 8.02. The number of fused-ring (bicyclic) bond motifs is 2. The van der Waals surface area contributed by atoms with E-state index in [9.17, 15) is 0 Å². The molecule has 0 saturated heterocycles. The van der Waals surface area contributed by atoms with E-state index in [0.29, 0.717) is 13.2 Å². The molecule has 0 saturated carbocycles. The lowest BCUT2D eigenvalue weighted by Crippen LogP contribution is -2.45. The van der Waals surface area contributed by atoms with E-state index in [1.807, 2.05) is 54.6 Å². The van der Waals surface area contributed by atoms with Crippen molar-refractivity contribution in [1.82, 2.24) is 4.90 Å². The van der Waals surface area contributed by atoms with Crippen LogP contribution in [0.15, 0.2) is 59.6 Å². The molecule has 0 amide bonds. The zero-order valence-corrected chi connectivity index (χ0v) is 14.6. The second-order valence-electron chi connectivity index (χ2n) is 6.07. The Morgan fingerprint density at radius 1 is 1.12 bits per heavy atom. The summed E-state index contributed by atoms with van der Waals surface area (Å²) in [6, 6.07) is 18.4. The Balaban J connectivity index is 1.82. The minimum absolute atomic E-state index is 0.0728. The minimum atomic E-state index is -0.680. The Hall–Kier alpha value is -1.98. The molecule has 0 N–H and O–H groups in total. The standard InChI is InChI=1S/C19H20N2O2S/c1-21-13-22-19(20-18(21)24-2)12-17(14-8-4-3-5-9-14)23-16-11-7-6-10-15(16)19/h3-11,17H,12-13H2,1-2H3. The molecule has 0 fully saturated rings. The van der Waals surface area contributed by atoms with Crippen molar-refractivity contribution in [3.05, 3.63) is 65.7 Å². The van der Waals surface area contributed by atoms with E-state index in [4.69, 9.17) is 14.5 Å². The van der Waals surface area contributed by atoms with E-state index in [0.717, 1.165) is 22.0 Å². The molecule has 2 unspecified atom stereocenters. The second kappa shape index (κ2) is 6.15. The molecule has 24 heavy (non-hydrogen) atoms. The lowest BCUT2D eigenvalue weighted by molar-refractivity contribution is -0.119. The molecular formula is C19H20N2O2S. The molecule has 2 heterocycles. The number of benzene rings is 2. The minimum Gasteiger partial charge on any atom is -0.485 e. The molecule has 4 nitrogen and oxygen atoms in total. The summed E-state index contributed by atoms with van der Waals surface area (Å²) in [5.41, 5.74) is 1.48. The lowest BCUT2D eigenvalue weighted by atomic mass is 9.89. The van der Waals surface area contributed by atoms with Crippen molar-refractivity contribution < 1.29 is 9.47 Å². The van der Waals surface area contributed by atoms with Crippen LogP contribution in [0.3, 0.4) is 0 Å². The van der Waals surface area contributed by atoms with Gasteiger partial charge in [0.25, 0.3) is 0 Å². The molecule has 0 aromatic heterocycles. The highest BCUT2D eigenvalue weighted by atomic mass is 32.2. The summed E-state index contributed by atoms with van der Waals surface area (Å²) in [6.07, 6.45) is 2.65. The maximum absolute atomic E-state index is 6.27. The molecule has 124 valence electrons.